The minimum atomic E-state index is -3.39. The molecule has 0 radical (unpaired) electrons. The van der Waals surface area contributed by atoms with Gasteiger partial charge >= 0.3 is 0 Å². The fourth-order valence-electron chi connectivity index (χ4n) is 2.34. The highest BCUT2D eigenvalue weighted by atomic mass is 32.2. The summed E-state index contributed by atoms with van der Waals surface area (Å²) in [7, 11) is -1.38. The van der Waals surface area contributed by atoms with Gasteiger partial charge in [-0.3, -0.25) is 0 Å². The molecular formula is C12H20N2O3S2. The molecule has 1 saturated heterocycles. The average Bonchev–Trinajstić information content (AvgIpc) is 2.78. The Morgan fingerprint density at radius 2 is 2.16 bits per heavy atom. The number of aliphatic hydroxyl groups is 1. The van der Waals surface area contributed by atoms with Gasteiger partial charge in [-0.05, 0) is 26.1 Å². The third-order valence-corrected chi connectivity index (χ3v) is 6.95. The molecule has 0 saturated carbocycles. The van der Waals surface area contributed by atoms with Gasteiger partial charge in [-0.25, -0.2) is 8.42 Å². The van der Waals surface area contributed by atoms with E-state index in [1.807, 2.05) is 14.0 Å². The van der Waals surface area contributed by atoms with E-state index in [0.29, 0.717) is 17.2 Å². The molecule has 2 rings (SSSR count). The van der Waals surface area contributed by atoms with Crippen LogP contribution in [-0.4, -0.2) is 62.1 Å². The summed E-state index contributed by atoms with van der Waals surface area (Å²) in [4.78, 5) is 3.05. The number of hydrogen-bond acceptors (Lipinski definition) is 5. The van der Waals surface area contributed by atoms with Gasteiger partial charge in [-0.2, -0.15) is 4.31 Å². The number of likely N-dealkylation sites (N-methyl/N-ethyl adjacent to an activating group) is 1. The van der Waals surface area contributed by atoms with Crippen LogP contribution in [0.25, 0.3) is 0 Å². The van der Waals surface area contributed by atoms with Crippen LogP contribution in [0.15, 0.2) is 16.3 Å². The summed E-state index contributed by atoms with van der Waals surface area (Å²) in [5, 5.41) is 8.89. The quantitative estimate of drug-likeness (QED) is 0.885. The van der Waals surface area contributed by atoms with E-state index >= 15 is 0 Å². The van der Waals surface area contributed by atoms with Crippen LogP contribution < -0.4 is 0 Å². The lowest BCUT2D eigenvalue weighted by atomic mass is 10.2. The molecule has 1 aliphatic rings. The molecule has 1 aromatic heterocycles. The summed E-state index contributed by atoms with van der Waals surface area (Å²) < 4.78 is 27.1. The summed E-state index contributed by atoms with van der Waals surface area (Å²) in [5.74, 6) is 0. The zero-order chi connectivity index (χ0) is 14.0. The van der Waals surface area contributed by atoms with Gasteiger partial charge in [0.2, 0.25) is 0 Å². The fourth-order valence-corrected chi connectivity index (χ4v) is 5.42. The Balaban J connectivity index is 2.21. The van der Waals surface area contributed by atoms with Crippen LogP contribution in [0.4, 0.5) is 0 Å². The molecule has 1 fully saturated rings. The third kappa shape index (κ3) is 3.17. The molecule has 1 atom stereocenters. The van der Waals surface area contributed by atoms with Gasteiger partial charge in [0.25, 0.3) is 10.0 Å². The number of sulfonamides is 1. The normalized spacial score (nSPS) is 22.8. The number of nitrogens with zero attached hydrogens (tertiary/aromatic N) is 2. The third-order valence-electron chi connectivity index (χ3n) is 3.33. The van der Waals surface area contributed by atoms with E-state index in [2.05, 4.69) is 4.90 Å². The van der Waals surface area contributed by atoms with Gasteiger partial charge in [0.05, 0.1) is 0 Å². The topological polar surface area (TPSA) is 60.9 Å². The molecule has 1 unspecified atom stereocenters. The minimum absolute atomic E-state index is 0.00728. The molecule has 108 valence electrons. The molecule has 0 spiro atoms. The zero-order valence-electron chi connectivity index (χ0n) is 11.2. The largest absolute Gasteiger partial charge is 0.396 e. The molecule has 0 aromatic carbocycles. The number of rotatable bonds is 4. The van der Waals surface area contributed by atoms with E-state index in [1.54, 1.807) is 16.4 Å². The fraction of sp³-hybridized carbons (Fsp3) is 0.667. The van der Waals surface area contributed by atoms with Crippen LogP contribution in [-0.2, 0) is 16.4 Å². The second-order valence-corrected chi connectivity index (χ2v) is 8.21. The zero-order valence-corrected chi connectivity index (χ0v) is 12.9. The highest BCUT2D eigenvalue weighted by molar-refractivity contribution is 7.91. The van der Waals surface area contributed by atoms with Gasteiger partial charge in [0.15, 0.2) is 0 Å². The molecule has 0 amide bonds. The van der Waals surface area contributed by atoms with Crippen LogP contribution in [0.1, 0.15) is 11.8 Å². The van der Waals surface area contributed by atoms with E-state index in [0.717, 1.165) is 18.0 Å². The predicted molar refractivity (Wildman–Crippen MR) is 76.0 cm³/mol. The SMILES string of the molecule is CC1CN(C)CCN1S(=O)(=O)c1ccc(CCO)s1. The monoisotopic (exact) mass is 304 g/mol. The Hall–Kier alpha value is -0.470. The first kappa shape index (κ1) is 14.9. The molecule has 1 N–H and O–H groups in total. The Morgan fingerprint density at radius 1 is 1.42 bits per heavy atom. The Morgan fingerprint density at radius 3 is 2.79 bits per heavy atom. The van der Waals surface area contributed by atoms with Crippen molar-refractivity contribution in [3.05, 3.63) is 17.0 Å². The second-order valence-electron chi connectivity index (χ2n) is 4.92. The predicted octanol–water partition coefficient (Wildman–Crippen LogP) is 0.607. The van der Waals surface area contributed by atoms with Crippen LogP contribution in [0.5, 0.6) is 0 Å². The summed E-state index contributed by atoms with van der Waals surface area (Å²) in [6.07, 6.45) is 0.512. The van der Waals surface area contributed by atoms with Gasteiger partial charge in [0.1, 0.15) is 4.21 Å². The first-order valence-corrected chi connectivity index (χ1v) is 8.60. The first-order valence-electron chi connectivity index (χ1n) is 6.35. The number of aliphatic hydroxyl groups excluding tert-OH is 1. The van der Waals surface area contributed by atoms with Gasteiger partial charge in [-0.1, -0.05) is 0 Å². The maximum atomic E-state index is 12.6. The number of thiophene rings is 1. The van der Waals surface area contributed by atoms with Crippen molar-refractivity contribution in [2.75, 3.05) is 33.3 Å². The lowest BCUT2D eigenvalue weighted by molar-refractivity contribution is 0.170. The molecule has 0 bridgehead atoms. The van der Waals surface area contributed by atoms with Crippen LogP contribution in [0.2, 0.25) is 0 Å². The van der Waals surface area contributed by atoms with Crippen molar-refractivity contribution in [2.24, 2.45) is 0 Å². The van der Waals surface area contributed by atoms with Crippen molar-refractivity contribution in [1.29, 1.82) is 0 Å². The molecule has 0 aliphatic carbocycles. The summed E-state index contributed by atoms with van der Waals surface area (Å²) >= 11 is 1.26. The van der Waals surface area contributed by atoms with Crippen LogP contribution in [0, 0.1) is 0 Å². The van der Waals surface area contributed by atoms with E-state index in [-0.39, 0.29) is 12.6 Å². The average molecular weight is 304 g/mol. The van der Waals surface area contributed by atoms with Gasteiger partial charge in [0, 0.05) is 43.6 Å². The van der Waals surface area contributed by atoms with Gasteiger partial charge in [-0.15, -0.1) is 11.3 Å². The smallest absolute Gasteiger partial charge is 0.252 e. The molecule has 2 heterocycles. The van der Waals surface area contributed by atoms with Crippen molar-refractivity contribution >= 4 is 21.4 Å². The molecular weight excluding hydrogens is 284 g/mol. The standard InChI is InChI=1S/C12H20N2O3S2/c1-10-9-13(2)6-7-14(10)19(16,17)12-4-3-11(18-12)5-8-15/h3-4,10,15H,5-9H2,1-2H3. The summed E-state index contributed by atoms with van der Waals surface area (Å²) in [5.41, 5.74) is 0. The molecule has 19 heavy (non-hydrogen) atoms. The lowest BCUT2D eigenvalue weighted by Gasteiger charge is -2.36. The highest BCUT2D eigenvalue weighted by Gasteiger charge is 2.33. The van der Waals surface area contributed by atoms with E-state index in [9.17, 15) is 8.42 Å². The maximum Gasteiger partial charge on any atom is 0.252 e. The van der Waals surface area contributed by atoms with Crippen molar-refractivity contribution in [3.63, 3.8) is 0 Å². The molecule has 7 heteroatoms. The van der Waals surface area contributed by atoms with Gasteiger partial charge < -0.3 is 10.0 Å². The van der Waals surface area contributed by atoms with Crippen molar-refractivity contribution in [2.45, 2.75) is 23.6 Å². The second kappa shape index (κ2) is 5.88. The first-order chi connectivity index (χ1) is 8.95. The Bertz CT molecular complexity index is 527. The van der Waals surface area contributed by atoms with Crippen molar-refractivity contribution in [3.8, 4) is 0 Å². The summed E-state index contributed by atoms with van der Waals surface area (Å²) in [6.45, 7) is 4.04. The summed E-state index contributed by atoms with van der Waals surface area (Å²) in [6, 6.07) is 3.43. The highest BCUT2D eigenvalue weighted by Crippen LogP contribution is 2.27. The van der Waals surface area contributed by atoms with E-state index in [4.69, 9.17) is 5.11 Å². The Labute approximate surface area is 118 Å². The Kier molecular flexibility index (Phi) is 4.62. The van der Waals surface area contributed by atoms with Crippen LogP contribution >= 0.6 is 11.3 Å². The van der Waals surface area contributed by atoms with Crippen molar-refractivity contribution in [1.82, 2.24) is 9.21 Å². The molecule has 5 nitrogen and oxygen atoms in total. The molecule has 1 aromatic rings. The number of piperazine rings is 1. The molecule has 1 aliphatic heterocycles. The van der Waals surface area contributed by atoms with E-state index < -0.39 is 10.0 Å². The maximum absolute atomic E-state index is 12.6. The van der Waals surface area contributed by atoms with Crippen LogP contribution in [0.3, 0.4) is 0 Å². The number of hydrogen-bond donors (Lipinski definition) is 1. The van der Waals surface area contributed by atoms with E-state index in [1.165, 1.54) is 11.3 Å². The lowest BCUT2D eigenvalue weighted by Crippen LogP contribution is -2.52. The van der Waals surface area contributed by atoms with Crippen molar-refractivity contribution < 1.29 is 13.5 Å². The minimum Gasteiger partial charge on any atom is -0.396 e.